The summed E-state index contributed by atoms with van der Waals surface area (Å²) in [5.74, 6) is 0. The number of benzene rings is 6. The van der Waals surface area contributed by atoms with Crippen LogP contribution in [0.2, 0.25) is 19.6 Å². The van der Waals surface area contributed by atoms with Crippen LogP contribution in [0, 0.1) is 0 Å². The lowest BCUT2D eigenvalue weighted by molar-refractivity contribution is 0.661. The van der Waals surface area contributed by atoms with Gasteiger partial charge in [0, 0.05) is 38.8 Å². The van der Waals surface area contributed by atoms with Crippen LogP contribution in [-0.4, -0.2) is 19.5 Å². The molecule has 0 unspecified atom stereocenters. The van der Waals surface area contributed by atoms with E-state index in [4.69, 9.17) is 0 Å². The summed E-state index contributed by atoms with van der Waals surface area (Å²) >= 11 is 0. The molecule has 0 amide bonds. The van der Waals surface area contributed by atoms with E-state index >= 15 is 0 Å². The highest BCUT2D eigenvalue weighted by Crippen LogP contribution is 2.51. The summed E-state index contributed by atoms with van der Waals surface area (Å²) in [5.41, 5.74) is 17.6. The molecule has 0 radical (unpaired) electrons. The SMILES string of the molecule is CC1(C)c2ccccc2-c2cc3c(cc21)B1c2c(cc([Si](C)(C)C)c4c5ccccc5n-3c24)-c2ccccc2N1c1ccccc1. The molecule has 4 heteroatoms. The van der Waals surface area contributed by atoms with Crippen molar-refractivity contribution in [1.82, 2.24) is 4.57 Å². The first-order chi connectivity index (χ1) is 22.2. The van der Waals surface area contributed by atoms with Crippen molar-refractivity contribution in [1.29, 1.82) is 0 Å². The van der Waals surface area contributed by atoms with E-state index in [1.54, 1.807) is 5.19 Å². The molecule has 46 heavy (non-hydrogen) atoms. The highest BCUT2D eigenvalue weighted by Gasteiger charge is 2.47. The summed E-state index contributed by atoms with van der Waals surface area (Å²) < 4.78 is 2.64. The molecule has 10 rings (SSSR count). The number of nitrogens with zero attached hydrogens (tertiary/aromatic N) is 2. The minimum absolute atomic E-state index is 0.0436. The summed E-state index contributed by atoms with van der Waals surface area (Å²) in [7, 11) is -1.76. The molecule has 0 bridgehead atoms. The van der Waals surface area contributed by atoms with Crippen LogP contribution in [0.4, 0.5) is 11.4 Å². The summed E-state index contributed by atoms with van der Waals surface area (Å²) in [4.78, 5) is 2.63. The second-order valence-electron chi connectivity index (χ2n) is 15.0. The molecule has 0 atom stereocenters. The summed E-state index contributed by atoms with van der Waals surface area (Å²) in [5, 5.41) is 4.38. The normalized spacial score (nSPS) is 15.2. The van der Waals surface area contributed by atoms with Gasteiger partial charge < -0.3 is 9.38 Å². The van der Waals surface area contributed by atoms with Crippen LogP contribution in [-0.2, 0) is 5.41 Å². The Morgan fingerprint density at radius 1 is 0.609 bits per heavy atom. The monoisotopic (exact) mass is 606 g/mol. The minimum atomic E-state index is -1.76. The van der Waals surface area contributed by atoms with Crippen LogP contribution >= 0.6 is 0 Å². The van der Waals surface area contributed by atoms with E-state index in [0.717, 1.165) is 0 Å². The standard InChI is InChI=1S/C42H35BN2Si/c1-42(2)32-20-12-9-17-27(32)30-23-37-34(25-33(30)42)43-40-31(28-18-10-14-22-36(28)45(43)26-15-7-6-8-16-26)24-38(46(3,4)5)39-29-19-11-13-21-35(29)44(37)41(39)40/h6-25H,1-5H3. The molecule has 1 aromatic heterocycles. The molecular formula is C42H35BN2Si. The van der Waals surface area contributed by atoms with Gasteiger partial charge in [0.2, 0.25) is 0 Å². The fourth-order valence-corrected chi connectivity index (χ4v) is 10.6. The Hall–Kier alpha value is -4.80. The second-order valence-corrected chi connectivity index (χ2v) is 20.0. The summed E-state index contributed by atoms with van der Waals surface area (Å²) in [6.07, 6.45) is 0. The van der Waals surface area contributed by atoms with Gasteiger partial charge in [-0.1, -0.05) is 124 Å². The smallest absolute Gasteiger partial charge is 0.333 e. The Kier molecular flexibility index (Phi) is 5.01. The Bertz CT molecular complexity index is 2450. The molecule has 6 aromatic carbocycles. The quantitative estimate of drug-likeness (QED) is 0.179. The van der Waals surface area contributed by atoms with E-state index in [0.29, 0.717) is 0 Å². The van der Waals surface area contributed by atoms with E-state index in [9.17, 15) is 0 Å². The van der Waals surface area contributed by atoms with Crippen molar-refractivity contribution >= 4 is 64.2 Å². The van der Waals surface area contributed by atoms with Gasteiger partial charge in [-0.2, -0.15) is 0 Å². The molecule has 3 heterocycles. The number of rotatable bonds is 2. The topological polar surface area (TPSA) is 8.17 Å². The number of hydrogen-bond acceptors (Lipinski definition) is 1. The largest absolute Gasteiger partial charge is 0.376 e. The molecule has 1 aliphatic carbocycles. The lowest BCUT2D eigenvalue weighted by atomic mass is 9.43. The van der Waals surface area contributed by atoms with Crippen LogP contribution in [0.3, 0.4) is 0 Å². The highest BCUT2D eigenvalue weighted by atomic mass is 28.3. The van der Waals surface area contributed by atoms with Crippen LogP contribution in [0.1, 0.15) is 25.0 Å². The van der Waals surface area contributed by atoms with Crippen LogP contribution in [0.25, 0.3) is 49.7 Å². The number of anilines is 2. The van der Waals surface area contributed by atoms with Crippen molar-refractivity contribution in [3.63, 3.8) is 0 Å². The van der Waals surface area contributed by atoms with Crippen molar-refractivity contribution in [2.45, 2.75) is 38.9 Å². The van der Waals surface area contributed by atoms with Crippen molar-refractivity contribution in [2.75, 3.05) is 4.81 Å². The first-order valence-corrected chi connectivity index (χ1v) is 20.1. The van der Waals surface area contributed by atoms with Crippen molar-refractivity contribution < 1.29 is 0 Å². The van der Waals surface area contributed by atoms with Crippen molar-refractivity contribution in [3.05, 3.63) is 132 Å². The maximum atomic E-state index is 2.64. The van der Waals surface area contributed by atoms with Gasteiger partial charge in [0.05, 0.1) is 19.1 Å². The fraction of sp³-hybridized carbons (Fsp3) is 0.143. The number of aromatic nitrogens is 1. The molecule has 2 aliphatic heterocycles. The molecule has 0 spiro atoms. The van der Waals surface area contributed by atoms with E-state index in [-0.39, 0.29) is 12.3 Å². The van der Waals surface area contributed by atoms with Crippen molar-refractivity contribution in [3.8, 4) is 27.9 Å². The minimum Gasteiger partial charge on any atom is -0.376 e. The molecule has 0 saturated carbocycles. The molecule has 2 nitrogen and oxygen atoms in total. The lowest BCUT2D eigenvalue weighted by Gasteiger charge is -2.43. The second kappa shape index (κ2) is 8.71. The zero-order valence-corrected chi connectivity index (χ0v) is 28.0. The zero-order chi connectivity index (χ0) is 31.1. The summed E-state index contributed by atoms with van der Waals surface area (Å²) in [6.45, 7) is 12.4. The van der Waals surface area contributed by atoms with Gasteiger partial charge in [-0.25, -0.2) is 0 Å². The Labute approximate surface area is 272 Å². The number of hydrogen-bond donors (Lipinski definition) is 0. The van der Waals surface area contributed by atoms with E-state index in [1.807, 2.05) is 0 Å². The van der Waals surface area contributed by atoms with Crippen LogP contribution in [0.15, 0.2) is 121 Å². The van der Waals surface area contributed by atoms with E-state index in [1.165, 1.54) is 83.2 Å². The van der Waals surface area contributed by atoms with Gasteiger partial charge in [-0.15, -0.1) is 0 Å². The maximum Gasteiger partial charge on any atom is 0.333 e. The third kappa shape index (κ3) is 3.18. The van der Waals surface area contributed by atoms with Crippen molar-refractivity contribution in [2.24, 2.45) is 0 Å². The van der Waals surface area contributed by atoms with Gasteiger partial charge in [0.25, 0.3) is 0 Å². The Morgan fingerprint density at radius 3 is 2.11 bits per heavy atom. The Morgan fingerprint density at radius 2 is 1.30 bits per heavy atom. The molecule has 220 valence electrons. The zero-order valence-electron chi connectivity index (χ0n) is 27.0. The average molecular weight is 607 g/mol. The van der Waals surface area contributed by atoms with E-state index < -0.39 is 8.07 Å². The molecule has 3 aliphatic rings. The molecular weight excluding hydrogens is 571 g/mol. The van der Waals surface area contributed by atoms with Crippen LogP contribution < -0.4 is 20.9 Å². The van der Waals surface area contributed by atoms with Crippen LogP contribution in [0.5, 0.6) is 0 Å². The third-order valence-corrected chi connectivity index (χ3v) is 13.1. The molecule has 7 aromatic rings. The summed E-state index contributed by atoms with van der Waals surface area (Å²) in [6, 6.07) is 46.1. The first-order valence-electron chi connectivity index (χ1n) is 16.6. The number of fused-ring (bicyclic) bond motifs is 11. The van der Waals surface area contributed by atoms with E-state index in [2.05, 4.69) is 164 Å². The van der Waals surface area contributed by atoms with Gasteiger partial charge in [0.1, 0.15) is 0 Å². The predicted octanol–water partition coefficient (Wildman–Crippen LogP) is 8.87. The lowest BCUT2D eigenvalue weighted by Crippen LogP contribution is -2.61. The highest BCUT2D eigenvalue weighted by molar-refractivity contribution is 6.95. The van der Waals surface area contributed by atoms with Gasteiger partial charge in [0.15, 0.2) is 0 Å². The van der Waals surface area contributed by atoms with Gasteiger partial charge in [-0.3, -0.25) is 0 Å². The predicted molar refractivity (Wildman–Crippen MR) is 200 cm³/mol. The molecule has 0 saturated heterocycles. The fourth-order valence-electron chi connectivity index (χ4n) is 9.05. The maximum absolute atomic E-state index is 2.64. The van der Waals surface area contributed by atoms with Gasteiger partial charge >= 0.3 is 6.85 Å². The van der Waals surface area contributed by atoms with Gasteiger partial charge in [-0.05, 0) is 74.3 Å². The third-order valence-electron chi connectivity index (χ3n) is 11.1. The molecule has 0 fully saturated rings. The molecule has 0 N–H and O–H groups in total. The Balaban J connectivity index is 1.45. The average Bonchev–Trinajstić information content (AvgIpc) is 3.52. The number of para-hydroxylation sites is 3. The first kappa shape index (κ1) is 26.4.